The zero-order valence-corrected chi connectivity index (χ0v) is 32.1. The summed E-state index contributed by atoms with van der Waals surface area (Å²) in [5, 5.41) is 6.97. The van der Waals surface area contributed by atoms with Crippen LogP contribution in [0.3, 0.4) is 0 Å². The highest BCUT2D eigenvalue weighted by Crippen LogP contribution is 2.51. The highest BCUT2D eigenvalue weighted by Gasteiger charge is 2.36. The third-order valence-electron chi connectivity index (χ3n) is 12.6. The van der Waals surface area contributed by atoms with Gasteiger partial charge in [0.25, 0.3) is 0 Å². The van der Waals surface area contributed by atoms with E-state index in [4.69, 9.17) is 14.4 Å². The molecule has 3 nitrogen and oxygen atoms in total. The van der Waals surface area contributed by atoms with Gasteiger partial charge in [0.1, 0.15) is 11.2 Å². The molecule has 9 aromatic carbocycles. The van der Waals surface area contributed by atoms with E-state index in [1.165, 1.54) is 55.3 Å². The molecule has 12 rings (SSSR count). The van der Waals surface area contributed by atoms with E-state index >= 15 is 0 Å². The second-order valence-electron chi connectivity index (χ2n) is 16.1. The molecular weight excluding hydrogens is 705 g/mol. The maximum Gasteiger partial charge on any atom is 0.143 e. The Balaban J connectivity index is 0.844. The SMILES string of the molecule is CC1(C)c2cc(-c3ccc(-c4cnc5c6ccccc6c6ccccc6c5n4)cc3)ccc2-c2ccc(-c3ccc(-c4cccc5c4oc4ccccc45)cc3)cc21. The van der Waals surface area contributed by atoms with Crippen molar-refractivity contribution in [2.45, 2.75) is 19.3 Å². The van der Waals surface area contributed by atoms with Crippen LogP contribution in [0, 0.1) is 0 Å². The molecule has 272 valence electrons. The fraction of sp³-hybridized carbons (Fsp3) is 0.0545. The van der Waals surface area contributed by atoms with E-state index in [-0.39, 0.29) is 5.41 Å². The minimum Gasteiger partial charge on any atom is -0.455 e. The maximum atomic E-state index is 6.35. The quantitative estimate of drug-likeness (QED) is 0.169. The molecule has 0 amide bonds. The number of hydrogen-bond acceptors (Lipinski definition) is 3. The van der Waals surface area contributed by atoms with Gasteiger partial charge < -0.3 is 4.42 Å². The van der Waals surface area contributed by atoms with Gasteiger partial charge in [0.2, 0.25) is 0 Å². The minimum absolute atomic E-state index is 0.152. The Morgan fingerprint density at radius 1 is 0.397 bits per heavy atom. The van der Waals surface area contributed by atoms with E-state index in [1.807, 2.05) is 18.3 Å². The first kappa shape index (κ1) is 32.8. The van der Waals surface area contributed by atoms with Crippen molar-refractivity contribution >= 4 is 54.5 Å². The molecule has 1 aliphatic rings. The van der Waals surface area contributed by atoms with Crippen molar-refractivity contribution in [3.05, 3.63) is 193 Å². The number of rotatable bonds is 4. The number of para-hydroxylation sites is 2. The van der Waals surface area contributed by atoms with Crippen LogP contribution in [0.1, 0.15) is 25.0 Å². The van der Waals surface area contributed by atoms with Gasteiger partial charge in [-0.3, -0.25) is 4.98 Å². The number of nitrogens with zero attached hydrogens (tertiary/aromatic N) is 2. The van der Waals surface area contributed by atoms with Gasteiger partial charge in [0.05, 0.1) is 22.9 Å². The van der Waals surface area contributed by atoms with E-state index in [1.54, 1.807) is 0 Å². The fourth-order valence-electron chi connectivity index (χ4n) is 9.51. The van der Waals surface area contributed by atoms with Gasteiger partial charge in [-0.15, -0.1) is 0 Å². The van der Waals surface area contributed by atoms with Gasteiger partial charge in [-0.25, -0.2) is 4.98 Å². The van der Waals surface area contributed by atoms with Crippen molar-refractivity contribution in [2.75, 3.05) is 0 Å². The summed E-state index contributed by atoms with van der Waals surface area (Å²) in [6, 6.07) is 63.3. The first-order chi connectivity index (χ1) is 28.5. The lowest BCUT2D eigenvalue weighted by atomic mass is 9.81. The normalized spacial score (nSPS) is 13.1. The Kier molecular flexibility index (Phi) is 6.98. The number of benzene rings is 9. The van der Waals surface area contributed by atoms with Crippen molar-refractivity contribution in [1.29, 1.82) is 0 Å². The molecule has 0 saturated carbocycles. The lowest BCUT2D eigenvalue weighted by Crippen LogP contribution is -2.15. The Bertz CT molecular complexity index is 3430. The molecule has 3 heteroatoms. The van der Waals surface area contributed by atoms with Gasteiger partial charge >= 0.3 is 0 Å². The van der Waals surface area contributed by atoms with Gasteiger partial charge in [-0.2, -0.15) is 0 Å². The monoisotopic (exact) mass is 740 g/mol. The molecule has 2 heterocycles. The van der Waals surface area contributed by atoms with Crippen molar-refractivity contribution < 1.29 is 4.42 Å². The zero-order chi connectivity index (χ0) is 38.5. The highest BCUT2D eigenvalue weighted by atomic mass is 16.3. The van der Waals surface area contributed by atoms with Crippen LogP contribution in [-0.2, 0) is 5.41 Å². The van der Waals surface area contributed by atoms with Crippen molar-refractivity contribution in [2.24, 2.45) is 0 Å². The summed E-state index contributed by atoms with van der Waals surface area (Å²) in [5.74, 6) is 0. The standard InChI is InChI=1S/C55H36N2O/c1-55(2)48-30-37(33-18-22-35(23-19-33)39-15-9-16-47-44-12-7-8-17-51(44)58-54(39)47)26-28-42(48)43-29-27-38(31-49(43)55)34-20-24-36(25-21-34)50-32-56-52-45-13-5-3-10-40(45)41-11-4-6-14-46(41)53(52)57-50/h3-32H,1-2H3. The van der Waals surface area contributed by atoms with Gasteiger partial charge in [0.15, 0.2) is 0 Å². The number of aromatic nitrogens is 2. The number of hydrogen-bond donors (Lipinski definition) is 0. The van der Waals surface area contributed by atoms with Crippen LogP contribution in [0.4, 0.5) is 0 Å². The van der Waals surface area contributed by atoms with Crippen LogP contribution in [0.2, 0.25) is 0 Å². The molecule has 11 aromatic rings. The van der Waals surface area contributed by atoms with Crippen molar-refractivity contribution in [1.82, 2.24) is 9.97 Å². The molecule has 2 aromatic heterocycles. The van der Waals surface area contributed by atoms with Crippen LogP contribution < -0.4 is 0 Å². The molecule has 1 aliphatic carbocycles. The number of furan rings is 1. The molecular formula is C55H36N2O. The van der Waals surface area contributed by atoms with E-state index in [0.29, 0.717) is 0 Å². The summed E-state index contributed by atoms with van der Waals surface area (Å²) >= 11 is 0. The van der Waals surface area contributed by atoms with Gasteiger partial charge in [-0.05, 0) is 79.0 Å². The van der Waals surface area contributed by atoms with E-state index in [0.717, 1.165) is 66.1 Å². The third kappa shape index (κ3) is 4.86. The Morgan fingerprint density at radius 2 is 0.897 bits per heavy atom. The Hall–Kier alpha value is -7.36. The zero-order valence-electron chi connectivity index (χ0n) is 32.1. The van der Waals surface area contributed by atoms with Crippen LogP contribution in [0.5, 0.6) is 0 Å². The smallest absolute Gasteiger partial charge is 0.143 e. The summed E-state index contributed by atoms with van der Waals surface area (Å²) < 4.78 is 6.35. The van der Waals surface area contributed by atoms with Crippen LogP contribution in [0.25, 0.3) is 110 Å². The first-order valence-corrected chi connectivity index (χ1v) is 20.0. The van der Waals surface area contributed by atoms with Crippen LogP contribution in [0.15, 0.2) is 187 Å². The van der Waals surface area contributed by atoms with Gasteiger partial charge in [0, 0.05) is 38.1 Å². The van der Waals surface area contributed by atoms with Crippen LogP contribution in [-0.4, -0.2) is 9.97 Å². The minimum atomic E-state index is -0.152. The summed E-state index contributed by atoms with van der Waals surface area (Å²) in [7, 11) is 0. The lowest BCUT2D eigenvalue weighted by molar-refractivity contribution is 0.661. The molecule has 0 atom stereocenters. The Labute approximate surface area is 335 Å². The van der Waals surface area contributed by atoms with E-state index in [9.17, 15) is 0 Å². The van der Waals surface area contributed by atoms with E-state index < -0.39 is 0 Å². The molecule has 0 saturated heterocycles. The molecule has 0 aliphatic heterocycles. The molecule has 0 bridgehead atoms. The fourth-order valence-corrected chi connectivity index (χ4v) is 9.51. The average molecular weight is 741 g/mol. The highest BCUT2D eigenvalue weighted by molar-refractivity contribution is 6.23. The molecule has 58 heavy (non-hydrogen) atoms. The van der Waals surface area contributed by atoms with Crippen molar-refractivity contribution in [3.8, 4) is 55.8 Å². The summed E-state index contributed by atoms with van der Waals surface area (Å²) in [4.78, 5) is 10.2. The second kappa shape index (κ2) is 12.3. The molecule has 0 unspecified atom stereocenters. The second-order valence-corrected chi connectivity index (χ2v) is 16.1. The van der Waals surface area contributed by atoms with Gasteiger partial charge in [-0.1, -0.05) is 172 Å². The first-order valence-electron chi connectivity index (χ1n) is 20.0. The maximum absolute atomic E-state index is 6.35. The summed E-state index contributed by atoms with van der Waals surface area (Å²) in [6.07, 6.45) is 1.92. The third-order valence-corrected chi connectivity index (χ3v) is 12.6. The molecule has 0 fully saturated rings. The van der Waals surface area contributed by atoms with Crippen molar-refractivity contribution in [3.63, 3.8) is 0 Å². The predicted octanol–water partition coefficient (Wildman–Crippen LogP) is 14.8. The molecule has 0 N–H and O–H groups in total. The number of fused-ring (bicyclic) bond motifs is 12. The average Bonchev–Trinajstić information content (AvgIpc) is 3.78. The summed E-state index contributed by atoms with van der Waals surface area (Å²) in [5.41, 5.74) is 17.9. The molecule has 0 spiro atoms. The van der Waals surface area contributed by atoms with Crippen LogP contribution >= 0.6 is 0 Å². The predicted molar refractivity (Wildman–Crippen MR) is 241 cm³/mol. The lowest BCUT2D eigenvalue weighted by Gasteiger charge is -2.22. The topological polar surface area (TPSA) is 38.9 Å². The summed E-state index contributed by atoms with van der Waals surface area (Å²) in [6.45, 7) is 4.72. The largest absolute Gasteiger partial charge is 0.455 e. The molecule has 0 radical (unpaired) electrons. The Morgan fingerprint density at radius 3 is 1.53 bits per heavy atom. The van der Waals surface area contributed by atoms with E-state index in [2.05, 4.69) is 178 Å².